The average Bonchev–Trinajstić information content (AvgIpc) is 2.79. The van der Waals surface area contributed by atoms with Gasteiger partial charge < -0.3 is 10.1 Å². The van der Waals surface area contributed by atoms with E-state index in [1.807, 2.05) is 0 Å². The monoisotopic (exact) mass is 211 g/mol. The largest absolute Gasteiger partial charge is 0.377 e. The van der Waals surface area contributed by atoms with Crippen LogP contribution in [-0.4, -0.2) is 25.3 Å². The summed E-state index contributed by atoms with van der Waals surface area (Å²) in [7, 11) is 0. The van der Waals surface area contributed by atoms with Crippen molar-refractivity contribution in [2.45, 2.75) is 64.0 Å². The van der Waals surface area contributed by atoms with Crippen LogP contribution in [0, 0.1) is 5.92 Å². The maximum Gasteiger partial charge on any atom is 0.0700 e. The lowest BCUT2D eigenvalue weighted by atomic mass is 9.83. The van der Waals surface area contributed by atoms with Crippen LogP contribution >= 0.6 is 0 Å². The molecule has 2 nitrogen and oxygen atoms in total. The summed E-state index contributed by atoms with van der Waals surface area (Å²) in [5, 5.41) is 3.74. The van der Waals surface area contributed by atoms with E-state index in [4.69, 9.17) is 4.74 Å². The zero-order valence-corrected chi connectivity index (χ0v) is 10.0. The minimum atomic E-state index is 0.504. The van der Waals surface area contributed by atoms with Gasteiger partial charge in [-0.25, -0.2) is 0 Å². The van der Waals surface area contributed by atoms with Crippen molar-refractivity contribution >= 4 is 0 Å². The Labute approximate surface area is 93.8 Å². The van der Waals surface area contributed by atoms with Gasteiger partial charge in [0.15, 0.2) is 0 Å². The Bertz CT molecular complexity index is 177. The van der Waals surface area contributed by atoms with E-state index in [0.717, 1.165) is 25.1 Å². The van der Waals surface area contributed by atoms with Gasteiger partial charge in [-0.2, -0.15) is 0 Å². The van der Waals surface area contributed by atoms with E-state index in [1.165, 1.54) is 44.9 Å². The molecule has 1 N–H and O–H groups in total. The third-order valence-corrected chi connectivity index (χ3v) is 4.07. The third kappa shape index (κ3) is 3.18. The first-order valence-electron chi connectivity index (χ1n) is 6.75. The predicted molar refractivity (Wildman–Crippen MR) is 63.0 cm³/mol. The first-order chi connectivity index (χ1) is 7.40. The lowest BCUT2D eigenvalue weighted by Gasteiger charge is -2.32. The molecule has 2 aliphatic rings. The molecule has 1 saturated carbocycles. The predicted octanol–water partition coefficient (Wildman–Crippen LogP) is 2.72. The molecule has 0 amide bonds. The molecule has 1 heterocycles. The van der Waals surface area contributed by atoms with E-state index in [9.17, 15) is 0 Å². The fraction of sp³-hybridized carbons (Fsp3) is 1.00. The number of hydrogen-bond acceptors (Lipinski definition) is 2. The van der Waals surface area contributed by atoms with Crippen LogP contribution in [-0.2, 0) is 4.74 Å². The van der Waals surface area contributed by atoms with E-state index < -0.39 is 0 Å². The molecule has 0 aromatic rings. The Morgan fingerprint density at radius 1 is 1.13 bits per heavy atom. The van der Waals surface area contributed by atoms with Gasteiger partial charge >= 0.3 is 0 Å². The highest BCUT2D eigenvalue weighted by Gasteiger charge is 2.24. The molecule has 2 heteroatoms. The van der Waals surface area contributed by atoms with E-state index in [1.54, 1.807) is 0 Å². The summed E-state index contributed by atoms with van der Waals surface area (Å²) >= 11 is 0. The summed E-state index contributed by atoms with van der Waals surface area (Å²) in [5.41, 5.74) is 0. The van der Waals surface area contributed by atoms with Crippen LogP contribution in [0.2, 0.25) is 0 Å². The van der Waals surface area contributed by atoms with Gasteiger partial charge in [0.05, 0.1) is 6.10 Å². The van der Waals surface area contributed by atoms with E-state index in [0.29, 0.717) is 6.10 Å². The van der Waals surface area contributed by atoms with Crippen LogP contribution in [0.15, 0.2) is 0 Å². The molecule has 0 unspecified atom stereocenters. The molecule has 15 heavy (non-hydrogen) atoms. The number of ether oxygens (including phenoxy) is 1. The highest BCUT2D eigenvalue weighted by molar-refractivity contribution is 4.81. The third-order valence-electron chi connectivity index (χ3n) is 4.07. The van der Waals surface area contributed by atoms with Crippen molar-refractivity contribution in [3.8, 4) is 0 Å². The Hall–Kier alpha value is -0.0800. The number of rotatable bonds is 4. The number of nitrogens with one attached hydrogen (secondary N) is 1. The maximum absolute atomic E-state index is 5.65. The standard InChI is InChI=1S/C13H25NO/c1-2-11-6-3-4-8-13(11)14-10-12-7-5-9-15-12/h11-14H,2-10H2,1H3/t11-,12-,13-/m0/s1. The van der Waals surface area contributed by atoms with Crippen molar-refractivity contribution < 1.29 is 4.74 Å². The molecule has 1 aliphatic carbocycles. The van der Waals surface area contributed by atoms with Gasteiger partial charge in [-0.15, -0.1) is 0 Å². The fourth-order valence-corrected chi connectivity index (χ4v) is 3.05. The zero-order chi connectivity index (χ0) is 10.5. The van der Waals surface area contributed by atoms with Crippen LogP contribution in [0.4, 0.5) is 0 Å². The molecule has 1 saturated heterocycles. The van der Waals surface area contributed by atoms with Gasteiger partial charge in [0.1, 0.15) is 0 Å². The van der Waals surface area contributed by atoms with E-state index >= 15 is 0 Å². The van der Waals surface area contributed by atoms with Crippen LogP contribution < -0.4 is 5.32 Å². The summed E-state index contributed by atoms with van der Waals surface area (Å²) in [6, 6.07) is 0.771. The fourth-order valence-electron chi connectivity index (χ4n) is 3.05. The molecule has 2 rings (SSSR count). The van der Waals surface area contributed by atoms with Crippen molar-refractivity contribution in [2.75, 3.05) is 13.2 Å². The first kappa shape index (κ1) is 11.4. The molecule has 3 atom stereocenters. The van der Waals surface area contributed by atoms with Gasteiger partial charge in [0.2, 0.25) is 0 Å². The second kappa shape index (κ2) is 5.86. The van der Waals surface area contributed by atoms with Gasteiger partial charge in [0, 0.05) is 19.2 Å². The Kier molecular flexibility index (Phi) is 4.45. The molecule has 0 spiro atoms. The molecule has 2 fully saturated rings. The second-order valence-corrected chi connectivity index (χ2v) is 5.10. The van der Waals surface area contributed by atoms with Crippen molar-refractivity contribution in [3.63, 3.8) is 0 Å². The van der Waals surface area contributed by atoms with Gasteiger partial charge in [0.25, 0.3) is 0 Å². The molecular formula is C13H25NO. The summed E-state index contributed by atoms with van der Waals surface area (Å²) < 4.78 is 5.65. The Morgan fingerprint density at radius 2 is 2.00 bits per heavy atom. The molecule has 0 bridgehead atoms. The molecule has 0 aromatic carbocycles. The van der Waals surface area contributed by atoms with Crippen LogP contribution in [0.25, 0.3) is 0 Å². The van der Waals surface area contributed by atoms with Gasteiger partial charge in [-0.1, -0.05) is 26.2 Å². The highest BCUT2D eigenvalue weighted by atomic mass is 16.5. The minimum Gasteiger partial charge on any atom is -0.377 e. The van der Waals surface area contributed by atoms with E-state index in [-0.39, 0.29) is 0 Å². The van der Waals surface area contributed by atoms with Gasteiger partial charge in [-0.05, 0) is 31.6 Å². The second-order valence-electron chi connectivity index (χ2n) is 5.10. The number of hydrogen-bond donors (Lipinski definition) is 1. The van der Waals surface area contributed by atoms with Crippen molar-refractivity contribution in [1.29, 1.82) is 0 Å². The summed E-state index contributed by atoms with van der Waals surface area (Å²) in [4.78, 5) is 0. The lowest BCUT2D eigenvalue weighted by molar-refractivity contribution is 0.101. The molecular weight excluding hydrogens is 186 g/mol. The highest BCUT2D eigenvalue weighted by Crippen LogP contribution is 2.27. The molecule has 0 radical (unpaired) electrons. The normalized spacial score (nSPS) is 37.0. The summed E-state index contributed by atoms with van der Waals surface area (Å²) in [6.07, 6.45) is 10.0. The van der Waals surface area contributed by atoms with Crippen LogP contribution in [0.5, 0.6) is 0 Å². The zero-order valence-electron chi connectivity index (χ0n) is 10.0. The average molecular weight is 211 g/mol. The topological polar surface area (TPSA) is 21.3 Å². The summed E-state index contributed by atoms with van der Waals surface area (Å²) in [5.74, 6) is 0.917. The first-order valence-corrected chi connectivity index (χ1v) is 6.75. The summed E-state index contributed by atoms with van der Waals surface area (Å²) in [6.45, 7) is 4.39. The van der Waals surface area contributed by atoms with Crippen LogP contribution in [0.1, 0.15) is 51.9 Å². The maximum atomic E-state index is 5.65. The SMILES string of the molecule is CC[C@H]1CCCC[C@@H]1NC[C@@H]1CCCO1. The van der Waals surface area contributed by atoms with Crippen molar-refractivity contribution in [1.82, 2.24) is 5.32 Å². The smallest absolute Gasteiger partial charge is 0.0700 e. The van der Waals surface area contributed by atoms with Crippen LogP contribution in [0.3, 0.4) is 0 Å². The quantitative estimate of drug-likeness (QED) is 0.772. The molecule has 0 aromatic heterocycles. The minimum absolute atomic E-state index is 0.504. The van der Waals surface area contributed by atoms with Gasteiger partial charge in [-0.3, -0.25) is 0 Å². The Morgan fingerprint density at radius 3 is 2.73 bits per heavy atom. The molecule has 88 valence electrons. The van der Waals surface area contributed by atoms with E-state index in [2.05, 4.69) is 12.2 Å². The lowest BCUT2D eigenvalue weighted by Crippen LogP contribution is -2.41. The Balaban J connectivity index is 1.71. The van der Waals surface area contributed by atoms with Crippen molar-refractivity contribution in [3.05, 3.63) is 0 Å². The molecule has 1 aliphatic heterocycles. The van der Waals surface area contributed by atoms with Crippen molar-refractivity contribution in [2.24, 2.45) is 5.92 Å².